The lowest BCUT2D eigenvalue weighted by atomic mass is 10.0. The molecule has 2 rings (SSSR count). The Morgan fingerprint density at radius 3 is 2.82 bits per heavy atom. The molecule has 0 aliphatic carbocycles. The van der Waals surface area contributed by atoms with Gasteiger partial charge >= 0.3 is 0 Å². The van der Waals surface area contributed by atoms with Gasteiger partial charge in [-0.15, -0.1) is 0 Å². The largest absolute Gasteiger partial charge is 0.497 e. The minimum absolute atomic E-state index is 0.470. The summed E-state index contributed by atoms with van der Waals surface area (Å²) in [4.78, 5) is 0. The van der Waals surface area contributed by atoms with Gasteiger partial charge in [0.05, 0.1) is 7.11 Å². The molecule has 0 bridgehead atoms. The number of aliphatic hydroxyl groups is 1. The Balaban J connectivity index is 2.27. The molecular weight excluding hydrogens is 240 g/mol. The van der Waals surface area contributed by atoms with Crippen LogP contribution in [-0.2, 0) is 9.47 Å². The van der Waals surface area contributed by atoms with Crippen molar-refractivity contribution in [2.45, 2.75) is 12.2 Å². The summed E-state index contributed by atoms with van der Waals surface area (Å²) in [6.07, 6.45) is 0.187. The van der Waals surface area contributed by atoms with Crippen molar-refractivity contribution in [1.82, 2.24) is 0 Å². The van der Waals surface area contributed by atoms with E-state index in [0.717, 1.165) is 0 Å². The minimum Gasteiger partial charge on any atom is -0.497 e. The number of rotatable bonds is 3. The summed E-state index contributed by atoms with van der Waals surface area (Å²) < 4.78 is 10.6. The van der Waals surface area contributed by atoms with E-state index in [-0.39, 0.29) is 0 Å². The lowest BCUT2D eigenvalue weighted by molar-refractivity contribution is 0.00651. The normalized spacial score (nSPS) is 20.8. The molecule has 17 heavy (non-hydrogen) atoms. The standard InChI is InChI=1S/C13H13ClO3/c1-8-7-11(16-2)13(17-8)12(15)9-5-3-4-6-10(9)14/h3-7,12-13,15H,1H2,2H3/t12-,13-/m0/s1. The molecule has 1 aromatic rings. The number of aliphatic hydroxyl groups excluding tert-OH is 1. The van der Waals surface area contributed by atoms with Crippen LogP contribution in [0.15, 0.2) is 48.4 Å². The zero-order valence-electron chi connectivity index (χ0n) is 9.39. The van der Waals surface area contributed by atoms with E-state index in [1.165, 1.54) is 7.11 Å². The minimum atomic E-state index is -0.880. The Labute approximate surface area is 105 Å². The van der Waals surface area contributed by atoms with Crippen LogP contribution in [0.4, 0.5) is 0 Å². The van der Waals surface area contributed by atoms with Gasteiger partial charge in [-0.2, -0.15) is 0 Å². The van der Waals surface area contributed by atoms with E-state index in [9.17, 15) is 5.11 Å². The summed E-state index contributed by atoms with van der Waals surface area (Å²) in [7, 11) is 1.53. The maximum absolute atomic E-state index is 10.2. The van der Waals surface area contributed by atoms with Gasteiger partial charge in [0, 0.05) is 16.7 Å². The first-order chi connectivity index (χ1) is 8.13. The molecule has 1 aliphatic heterocycles. The van der Waals surface area contributed by atoms with Crippen LogP contribution in [0.25, 0.3) is 0 Å². The Morgan fingerprint density at radius 2 is 2.18 bits per heavy atom. The third kappa shape index (κ3) is 2.30. The Bertz CT molecular complexity index is 467. The second-order valence-electron chi connectivity index (χ2n) is 3.72. The molecule has 0 unspecified atom stereocenters. The van der Waals surface area contributed by atoms with Crippen molar-refractivity contribution in [3.8, 4) is 0 Å². The number of allylic oxidation sites excluding steroid dienone is 1. The molecule has 2 atom stereocenters. The van der Waals surface area contributed by atoms with Crippen LogP contribution in [0.1, 0.15) is 11.7 Å². The molecular formula is C13H13ClO3. The molecule has 0 amide bonds. The average molecular weight is 253 g/mol. The third-order valence-electron chi connectivity index (χ3n) is 2.61. The second kappa shape index (κ2) is 4.82. The van der Waals surface area contributed by atoms with Crippen LogP contribution in [0, 0.1) is 0 Å². The molecule has 0 saturated carbocycles. The molecule has 1 heterocycles. The van der Waals surface area contributed by atoms with Crippen LogP contribution in [0.5, 0.6) is 0 Å². The fourth-order valence-corrected chi connectivity index (χ4v) is 2.02. The van der Waals surface area contributed by atoms with Crippen LogP contribution < -0.4 is 0 Å². The van der Waals surface area contributed by atoms with Crippen molar-refractivity contribution >= 4 is 11.6 Å². The summed E-state index contributed by atoms with van der Waals surface area (Å²) >= 11 is 6.03. The highest BCUT2D eigenvalue weighted by Crippen LogP contribution is 2.34. The average Bonchev–Trinajstić information content (AvgIpc) is 2.70. The van der Waals surface area contributed by atoms with Crippen molar-refractivity contribution in [3.05, 3.63) is 59.0 Å². The predicted octanol–water partition coefficient (Wildman–Crippen LogP) is 2.82. The third-order valence-corrected chi connectivity index (χ3v) is 2.95. The first-order valence-electron chi connectivity index (χ1n) is 5.17. The zero-order valence-corrected chi connectivity index (χ0v) is 10.1. The van der Waals surface area contributed by atoms with Crippen LogP contribution >= 0.6 is 11.6 Å². The summed E-state index contributed by atoms with van der Waals surface area (Å²) in [5.74, 6) is 1.01. The Morgan fingerprint density at radius 1 is 1.47 bits per heavy atom. The molecule has 4 heteroatoms. The predicted molar refractivity (Wildman–Crippen MR) is 65.5 cm³/mol. The molecule has 0 aromatic heterocycles. The van der Waals surface area contributed by atoms with Crippen LogP contribution in [0.2, 0.25) is 5.02 Å². The highest BCUT2D eigenvalue weighted by atomic mass is 35.5. The van der Waals surface area contributed by atoms with Crippen molar-refractivity contribution in [1.29, 1.82) is 0 Å². The van der Waals surface area contributed by atoms with Gasteiger partial charge in [-0.3, -0.25) is 0 Å². The lowest BCUT2D eigenvalue weighted by Gasteiger charge is -2.21. The topological polar surface area (TPSA) is 38.7 Å². The van der Waals surface area contributed by atoms with E-state index in [1.54, 1.807) is 24.3 Å². The zero-order chi connectivity index (χ0) is 12.4. The molecule has 1 aromatic carbocycles. The van der Waals surface area contributed by atoms with E-state index in [0.29, 0.717) is 22.1 Å². The molecule has 0 spiro atoms. The maximum atomic E-state index is 10.2. The van der Waals surface area contributed by atoms with Gasteiger partial charge in [-0.05, 0) is 6.07 Å². The molecule has 3 nitrogen and oxygen atoms in total. The highest BCUT2D eigenvalue weighted by molar-refractivity contribution is 6.31. The van der Waals surface area contributed by atoms with E-state index in [2.05, 4.69) is 6.58 Å². The van der Waals surface area contributed by atoms with Crippen LogP contribution in [-0.4, -0.2) is 18.3 Å². The fraction of sp³-hybridized carbons (Fsp3) is 0.231. The number of hydrogen-bond donors (Lipinski definition) is 1. The van der Waals surface area contributed by atoms with Crippen LogP contribution in [0.3, 0.4) is 0 Å². The lowest BCUT2D eigenvalue weighted by Crippen LogP contribution is -2.21. The Hall–Kier alpha value is -1.45. The first-order valence-corrected chi connectivity index (χ1v) is 5.55. The van der Waals surface area contributed by atoms with E-state index < -0.39 is 12.2 Å². The Kier molecular flexibility index (Phi) is 3.41. The SMILES string of the molecule is C=C1C=C(OC)[C@@H]([C@@H](O)c2ccccc2Cl)O1. The monoisotopic (exact) mass is 252 g/mol. The van der Waals surface area contributed by atoms with E-state index in [1.807, 2.05) is 6.07 Å². The molecule has 0 saturated heterocycles. The molecule has 0 radical (unpaired) electrons. The van der Waals surface area contributed by atoms with Gasteiger partial charge in [0.1, 0.15) is 17.6 Å². The van der Waals surface area contributed by atoms with Crippen molar-refractivity contribution in [2.75, 3.05) is 7.11 Å². The van der Waals surface area contributed by atoms with Gasteiger partial charge in [-0.1, -0.05) is 36.4 Å². The number of hydrogen-bond acceptors (Lipinski definition) is 3. The maximum Gasteiger partial charge on any atom is 0.185 e. The summed E-state index contributed by atoms with van der Waals surface area (Å²) in [5, 5.41) is 10.7. The molecule has 1 N–H and O–H groups in total. The van der Waals surface area contributed by atoms with Gasteiger partial charge in [-0.25, -0.2) is 0 Å². The summed E-state index contributed by atoms with van der Waals surface area (Å²) in [5.41, 5.74) is 0.608. The van der Waals surface area contributed by atoms with Gasteiger partial charge < -0.3 is 14.6 Å². The number of halogens is 1. The second-order valence-corrected chi connectivity index (χ2v) is 4.13. The smallest absolute Gasteiger partial charge is 0.185 e. The van der Waals surface area contributed by atoms with Crippen molar-refractivity contribution < 1.29 is 14.6 Å². The molecule has 90 valence electrons. The number of benzene rings is 1. The van der Waals surface area contributed by atoms with Gasteiger partial charge in [0.25, 0.3) is 0 Å². The number of methoxy groups -OCH3 is 1. The quantitative estimate of drug-likeness (QED) is 0.899. The van der Waals surface area contributed by atoms with Crippen molar-refractivity contribution in [3.63, 3.8) is 0 Å². The summed E-state index contributed by atoms with van der Waals surface area (Å²) in [6, 6.07) is 7.09. The first kappa shape index (κ1) is 12.0. The molecule has 1 aliphatic rings. The van der Waals surface area contributed by atoms with Crippen molar-refractivity contribution in [2.24, 2.45) is 0 Å². The number of ether oxygens (including phenoxy) is 2. The highest BCUT2D eigenvalue weighted by Gasteiger charge is 2.33. The van der Waals surface area contributed by atoms with E-state index in [4.69, 9.17) is 21.1 Å². The summed E-state index contributed by atoms with van der Waals surface area (Å²) in [6.45, 7) is 3.68. The fourth-order valence-electron chi connectivity index (χ4n) is 1.77. The van der Waals surface area contributed by atoms with Gasteiger partial charge in [0.2, 0.25) is 0 Å². The van der Waals surface area contributed by atoms with Gasteiger partial charge in [0.15, 0.2) is 6.10 Å². The molecule has 0 fully saturated rings. The van der Waals surface area contributed by atoms with E-state index >= 15 is 0 Å².